The molecule has 4 nitrogen and oxygen atoms in total. The molecule has 2 rings (SSSR count). The number of carbonyl (C=O) groups excluding carboxylic acids is 1. The molecule has 0 aliphatic rings. The fraction of sp³-hybridized carbons (Fsp3) is 0.118. The van der Waals surface area contributed by atoms with Gasteiger partial charge in [-0.1, -0.05) is 23.2 Å². The van der Waals surface area contributed by atoms with Gasteiger partial charge in [-0.25, -0.2) is 0 Å². The van der Waals surface area contributed by atoms with Gasteiger partial charge in [0.1, 0.15) is 11.5 Å². The van der Waals surface area contributed by atoms with E-state index in [1.54, 1.807) is 44.6 Å². The predicted octanol–water partition coefficient (Wildman–Crippen LogP) is 4.82. The second-order valence-electron chi connectivity index (χ2n) is 4.54. The summed E-state index contributed by atoms with van der Waals surface area (Å²) in [5.74, 6) is 1.12. The van der Waals surface area contributed by atoms with Gasteiger partial charge in [-0.3, -0.25) is 4.79 Å². The van der Waals surface area contributed by atoms with Crippen LogP contribution in [0.25, 0.3) is 0 Å². The molecule has 23 heavy (non-hydrogen) atoms. The average molecular weight is 352 g/mol. The van der Waals surface area contributed by atoms with Gasteiger partial charge in [0.2, 0.25) is 0 Å². The molecule has 0 heterocycles. The third-order valence-corrected chi connectivity index (χ3v) is 3.82. The topological polar surface area (TPSA) is 47.6 Å². The lowest BCUT2D eigenvalue weighted by Crippen LogP contribution is -1.98. The number of allylic oxidation sites excluding steroid dienone is 1. The molecule has 0 aliphatic carbocycles. The van der Waals surface area contributed by atoms with E-state index in [0.29, 0.717) is 32.8 Å². The maximum atomic E-state index is 12.1. The van der Waals surface area contributed by atoms with Crippen molar-refractivity contribution in [2.45, 2.75) is 0 Å². The zero-order valence-corrected chi connectivity index (χ0v) is 14.1. The molecule has 0 radical (unpaired) electrons. The molecule has 1 N–H and O–H groups in total. The van der Waals surface area contributed by atoms with E-state index in [0.717, 1.165) is 0 Å². The summed E-state index contributed by atoms with van der Waals surface area (Å²) < 4.78 is 10.4. The van der Waals surface area contributed by atoms with Crippen molar-refractivity contribution >= 4 is 34.7 Å². The molecular weight excluding hydrogens is 337 g/mol. The van der Waals surface area contributed by atoms with Crippen molar-refractivity contribution in [1.82, 2.24) is 0 Å². The smallest absolute Gasteiger partial charge is 0.187 e. The van der Waals surface area contributed by atoms with Gasteiger partial charge in [-0.05, 0) is 30.3 Å². The van der Waals surface area contributed by atoms with Crippen LogP contribution in [-0.2, 0) is 0 Å². The Morgan fingerprint density at radius 3 is 2.48 bits per heavy atom. The summed E-state index contributed by atoms with van der Waals surface area (Å²) in [6.07, 6.45) is 2.93. The molecule has 0 unspecified atom stereocenters. The van der Waals surface area contributed by atoms with Gasteiger partial charge in [0.25, 0.3) is 0 Å². The van der Waals surface area contributed by atoms with Gasteiger partial charge in [0, 0.05) is 23.9 Å². The van der Waals surface area contributed by atoms with Crippen LogP contribution in [0.2, 0.25) is 10.0 Å². The first kappa shape index (κ1) is 17.2. The van der Waals surface area contributed by atoms with Crippen LogP contribution >= 0.6 is 23.2 Å². The van der Waals surface area contributed by atoms with Crippen LogP contribution in [0, 0.1) is 0 Å². The average Bonchev–Trinajstić information content (AvgIpc) is 2.57. The minimum absolute atomic E-state index is 0.196. The quantitative estimate of drug-likeness (QED) is 0.598. The first-order valence-corrected chi connectivity index (χ1v) is 7.45. The van der Waals surface area contributed by atoms with Crippen LogP contribution in [0.15, 0.2) is 48.7 Å². The van der Waals surface area contributed by atoms with Crippen molar-refractivity contribution in [2.75, 3.05) is 19.5 Å². The van der Waals surface area contributed by atoms with Crippen LogP contribution in [-0.4, -0.2) is 20.0 Å². The highest BCUT2D eigenvalue weighted by molar-refractivity contribution is 6.42. The van der Waals surface area contributed by atoms with Crippen molar-refractivity contribution in [3.05, 3.63) is 64.3 Å². The van der Waals surface area contributed by atoms with E-state index in [4.69, 9.17) is 32.7 Å². The SMILES string of the molecule is COc1ccc(OC)c(NC=CC(=O)c2ccc(Cl)c(Cl)c2)c1. The van der Waals surface area contributed by atoms with Crippen LogP contribution < -0.4 is 14.8 Å². The fourth-order valence-corrected chi connectivity index (χ4v) is 2.18. The minimum atomic E-state index is -0.196. The van der Waals surface area contributed by atoms with E-state index in [2.05, 4.69) is 5.32 Å². The molecule has 0 bridgehead atoms. The van der Waals surface area contributed by atoms with Gasteiger partial charge in [0.05, 0.1) is 30.0 Å². The maximum Gasteiger partial charge on any atom is 0.187 e. The summed E-state index contributed by atoms with van der Waals surface area (Å²) in [5.41, 5.74) is 1.14. The number of rotatable bonds is 6. The third-order valence-electron chi connectivity index (χ3n) is 3.08. The number of methoxy groups -OCH3 is 2. The Hall–Kier alpha value is -2.17. The van der Waals surface area contributed by atoms with Crippen molar-refractivity contribution in [3.8, 4) is 11.5 Å². The lowest BCUT2D eigenvalue weighted by Gasteiger charge is -2.09. The number of benzene rings is 2. The summed E-state index contributed by atoms with van der Waals surface area (Å²) >= 11 is 11.7. The largest absolute Gasteiger partial charge is 0.497 e. The van der Waals surface area contributed by atoms with Crippen LogP contribution in [0.4, 0.5) is 5.69 Å². The van der Waals surface area contributed by atoms with E-state index in [1.807, 2.05) is 0 Å². The van der Waals surface area contributed by atoms with E-state index < -0.39 is 0 Å². The Labute approximate surface area is 144 Å². The van der Waals surface area contributed by atoms with E-state index in [1.165, 1.54) is 18.3 Å². The lowest BCUT2D eigenvalue weighted by atomic mass is 10.1. The Kier molecular flexibility index (Phi) is 5.90. The molecule has 0 fully saturated rings. The standard InChI is InChI=1S/C17H15Cl2NO3/c1-22-12-4-6-17(23-2)15(10-12)20-8-7-16(21)11-3-5-13(18)14(19)9-11/h3-10,20H,1-2H3. The highest BCUT2D eigenvalue weighted by atomic mass is 35.5. The maximum absolute atomic E-state index is 12.1. The summed E-state index contributed by atoms with van der Waals surface area (Å²) in [6, 6.07) is 10.1. The number of carbonyl (C=O) groups is 1. The molecule has 0 spiro atoms. The highest BCUT2D eigenvalue weighted by Gasteiger charge is 2.06. The number of anilines is 1. The Morgan fingerprint density at radius 2 is 1.83 bits per heavy atom. The monoisotopic (exact) mass is 351 g/mol. The molecule has 6 heteroatoms. The van der Waals surface area contributed by atoms with Crippen LogP contribution in [0.1, 0.15) is 10.4 Å². The van der Waals surface area contributed by atoms with E-state index in [9.17, 15) is 4.79 Å². The highest BCUT2D eigenvalue weighted by Crippen LogP contribution is 2.29. The van der Waals surface area contributed by atoms with Gasteiger partial charge < -0.3 is 14.8 Å². The number of hydrogen-bond acceptors (Lipinski definition) is 4. The molecule has 0 amide bonds. The number of halogens is 2. The molecule has 0 atom stereocenters. The van der Waals surface area contributed by atoms with E-state index in [-0.39, 0.29) is 5.78 Å². The lowest BCUT2D eigenvalue weighted by molar-refractivity contribution is 0.104. The molecule has 2 aromatic carbocycles. The number of hydrogen-bond donors (Lipinski definition) is 1. The number of ether oxygens (including phenoxy) is 2. The normalized spacial score (nSPS) is 10.6. The zero-order chi connectivity index (χ0) is 16.8. The molecule has 0 saturated heterocycles. The summed E-state index contributed by atoms with van der Waals surface area (Å²) in [6.45, 7) is 0. The van der Waals surface area contributed by atoms with Gasteiger partial charge >= 0.3 is 0 Å². The minimum Gasteiger partial charge on any atom is -0.497 e. The van der Waals surface area contributed by atoms with Crippen LogP contribution in [0.3, 0.4) is 0 Å². The molecule has 2 aromatic rings. The second-order valence-corrected chi connectivity index (χ2v) is 5.35. The summed E-state index contributed by atoms with van der Waals surface area (Å²) in [7, 11) is 3.15. The summed E-state index contributed by atoms with van der Waals surface area (Å²) in [4.78, 5) is 12.1. The van der Waals surface area contributed by atoms with Crippen molar-refractivity contribution in [2.24, 2.45) is 0 Å². The predicted molar refractivity (Wildman–Crippen MR) is 93.1 cm³/mol. The van der Waals surface area contributed by atoms with Gasteiger partial charge in [-0.2, -0.15) is 0 Å². The third kappa shape index (κ3) is 4.41. The van der Waals surface area contributed by atoms with Crippen molar-refractivity contribution in [3.63, 3.8) is 0 Å². The van der Waals surface area contributed by atoms with Crippen molar-refractivity contribution < 1.29 is 14.3 Å². The van der Waals surface area contributed by atoms with Crippen molar-refractivity contribution in [1.29, 1.82) is 0 Å². The molecule has 0 aromatic heterocycles. The number of nitrogens with one attached hydrogen (secondary N) is 1. The Bertz CT molecular complexity index is 745. The zero-order valence-electron chi connectivity index (χ0n) is 12.6. The molecule has 0 aliphatic heterocycles. The van der Waals surface area contributed by atoms with Gasteiger partial charge in [-0.15, -0.1) is 0 Å². The molecular formula is C17H15Cl2NO3. The molecule has 120 valence electrons. The van der Waals surface area contributed by atoms with Gasteiger partial charge in [0.15, 0.2) is 5.78 Å². The Morgan fingerprint density at radius 1 is 1.04 bits per heavy atom. The first-order chi connectivity index (χ1) is 11.0. The fourth-order valence-electron chi connectivity index (χ4n) is 1.88. The van der Waals surface area contributed by atoms with Crippen LogP contribution in [0.5, 0.6) is 11.5 Å². The van der Waals surface area contributed by atoms with E-state index >= 15 is 0 Å². The first-order valence-electron chi connectivity index (χ1n) is 6.69. The second kappa shape index (κ2) is 7.90. The number of ketones is 1. The molecule has 0 saturated carbocycles. The summed E-state index contributed by atoms with van der Waals surface area (Å²) in [5, 5.41) is 3.75. The Balaban J connectivity index is 2.11.